The smallest absolute Gasteiger partial charge is 0.0367 e. The van der Waals surface area contributed by atoms with E-state index in [1.54, 1.807) is 0 Å². The number of nitrogens with zero attached hydrogens (tertiary/aromatic N) is 1. The van der Waals surface area contributed by atoms with Crippen molar-refractivity contribution in [2.45, 2.75) is 71.4 Å². The van der Waals surface area contributed by atoms with Gasteiger partial charge in [0.15, 0.2) is 0 Å². The van der Waals surface area contributed by atoms with Crippen LogP contribution in [-0.2, 0) is 0 Å². The van der Waals surface area contributed by atoms with Gasteiger partial charge in [-0.15, -0.1) is 0 Å². The predicted molar refractivity (Wildman–Crippen MR) is 74.0 cm³/mol. The lowest BCUT2D eigenvalue weighted by Gasteiger charge is -2.49. The van der Waals surface area contributed by atoms with Gasteiger partial charge in [-0.25, -0.2) is 0 Å². The van der Waals surface area contributed by atoms with E-state index < -0.39 is 0 Å². The van der Waals surface area contributed by atoms with E-state index in [9.17, 15) is 0 Å². The van der Waals surface area contributed by atoms with E-state index in [1.165, 1.54) is 32.2 Å². The number of hydrogen-bond acceptors (Lipinski definition) is 2. The van der Waals surface area contributed by atoms with Gasteiger partial charge in [-0.3, -0.25) is 4.90 Å². The summed E-state index contributed by atoms with van der Waals surface area (Å²) in [5.74, 6) is 0.722. The molecule has 2 rings (SSSR count). The monoisotopic (exact) mass is 238 g/mol. The summed E-state index contributed by atoms with van der Waals surface area (Å²) in [6, 6.07) is 0. The molecule has 2 unspecified atom stereocenters. The third-order valence-electron chi connectivity index (χ3n) is 5.35. The minimum absolute atomic E-state index is 0.253. The Hall–Kier alpha value is -0.0800. The molecule has 1 aliphatic carbocycles. The number of hydrogen-bond donors (Lipinski definition) is 1. The zero-order valence-electron chi connectivity index (χ0n) is 12.3. The highest BCUT2D eigenvalue weighted by Gasteiger charge is 2.55. The number of rotatable bonds is 2. The Labute approximate surface area is 107 Å². The second kappa shape index (κ2) is 3.96. The molecule has 0 aromatic heterocycles. The van der Waals surface area contributed by atoms with Gasteiger partial charge in [-0.2, -0.15) is 0 Å². The van der Waals surface area contributed by atoms with E-state index in [0.717, 1.165) is 12.5 Å². The molecule has 2 nitrogen and oxygen atoms in total. The van der Waals surface area contributed by atoms with Crippen molar-refractivity contribution in [2.75, 3.05) is 13.1 Å². The Bertz CT molecular complexity index is 295. The van der Waals surface area contributed by atoms with E-state index in [-0.39, 0.29) is 5.54 Å². The summed E-state index contributed by atoms with van der Waals surface area (Å²) in [6.07, 6.45) is 5.24. The second-order valence-corrected chi connectivity index (χ2v) is 7.82. The number of likely N-dealkylation sites (tertiary alicyclic amines) is 1. The van der Waals surface area contributed by atoms with E-state index in [0.29, 0.717) is 11.0 Å². The fourth-order valence-corrected chi connectivity index (χ4v) is 4.77. The fourth-order valence-electron chi connectivity index (χ4n) is 4.77. The Kier molecular flexibility index (Phi) is 3.11. The molecule has 1 saturated heterocycles. The molecule has 1 aliphatic heterocycles. The molecule has 0 radical (unpaired) electrons. The summed E-state index contributed by atoms with van der Waals surface area (Å²) in [4.78, 5) is 2.75. The van der Waals surface area contributed by atoms with Gasteiger partial charge in [-0.1, -0.05) is 20.8 Å². The van der Waals surface area contributed by atoms with Crippen molar-refractivity contribution in [1.82, 2.24) is 4.90 Å². The Morgan fingerprint density at radius 2 is 1.88 bits per heavy atom. The third-order valence-corrected chi connectivity index (χ3v) is 5.35. The molecule has 100 valence electrons. The molecule has 2 aliphatic rings. The van der Waals surface area contributed by atoms with Gasteiger partial charge in [0.25, 0.3) is 0 Å². The van der Waals surface area contributed by atoms with Crippen molar-refractivity contribution in [3.05, 3.63) is 0 Å². The minimum atomic E-state index is 0.253. The standard InChI is InChI=1S/C15H30N2/c1-12-9-13(2,3)10-15(12,11-16)17-8-6-7-14(17,4)5/h12H,6-11,16H2,1-5H3. The molecule has 2 fully saturated rings. The van der Waals surface area contributed by atoms with Gasteiger partial charge in [0.05, 0.1) is 0 Å². The molecule has 0 bridgehead atoms. The SMILES string of the molecule is CC1CC(C)(C)CC1(CN)N1CCCC1(C)C. The fraction of sp³-hybridized carbons (Fsp3) is 1.00. The van der Waals surface area contributed by atoms with Crippen LogP contribution >= 0.6 is 0 Å². The van der Waals surface area contributed by atoms with Gasteiger partial charge in [0.2, 0.25) is 0 Å². The maximum atomic E-state index is 6.24. The molecule has 0 amide bonds. The summed E-state index contributed by atoms with van der Waals surface area (Å²) in [7, 11) is 0. The average Bonchev–Trinajstić information content (AvgIpc) is 2.64. The van der Waals surface area contributed by atoms with Crippen molar-refractivity contribution in [1.29, 1.82) is 0 Å². The first-order chi connectivity index (χ1) is 7.73. The molecule has 2 heteroatoms. The molecule has 0 aromatic rings. The normalized spacial score (nSPS) is 40.9. The van der Waals surface area contributed by atoms with Crippen molar-refractivity contribution in [3.63, 3.8) is 0 Å². The van der Waals surface area contributed by atoms with Gasteiger partial charge in [-0.05, 0) is 57.4 Å². The van der Waals surface area contributed by atoms with Gasteiger partial charge in [0.1, 0.15) is 0 Å². The third kappa shape index (κ3) is 2.04. The van der Waals surface area contributed by atoms with Crippen molar-refractivity contribution in [3.8, 4) is 0 Å². The molecule has 2 atom stereocenters. The molecule has 0 aromatic carbocycles. The summed E-state index contributed by atoms with van der Waals surface area (Å²) >= 11 is 0. The largest absolute Gasteiger partial charge is 0.329 e. The molecule has 1 heterocycles. The van der Waals surface area contributed by atoms with Crippen molar-refractivity contribution in [2.24, 2.45) is 17.1 Å². The van der Waals surface area contributed by atoms with Crippen LogP contribution in [0.15, 0.2) is 0 Å². The van der Waals surface area contributed by atoms with Gasteiger partial charge in [0, 0.05) is 17.6 Å². The van der Waals surface area contributed by atoms with E-state index in [2.05, 4.69) is 39.5 Å². The van der Waals surface area contributed by atoms with E-state index >= 15 is 0 Å². The zero-order chi connectivity index (χ0) is 12.9. The van der Waals surface area contributed by atoms with Crippen LogP contribution in [0, 0.1) is 11.3 Å². The topological polar surface area (TPSA) is 29.3 Å². The highest BCUT2D eigenvalue weighted by Crippen LogP contribution is 2.53. The Morgan fingerprint density at radius 1 is 1.24 bits per heavy atom. The van der Waals surface area contributed by atoms with E-state index in [4.69, 9.17) is 5.73 Å². The summed E-state index contributed by atoms with van der Waals surface area (Å²) in [5.41, 5.74) is 7.29. The first-order valence-electron chi connectivity index (χ1n) is 7.21. The lowest BCUT2D eigenvalue weighted by molar-refractivity contribution is 0.00807. The first-order valence-corrected chi connectivity index (χ1v) is 7.21. The highest BCUT2D eigenvalue weighted by atomic mass is 15.3. The van der Waals surface area contributed by atoms with Crippen LogP contribution in [-0.4, -0.2) is 29.1 Å². The van der Waals surface area contributed by atoms with Crippen molar-refractivity contribution < 1.29 is 0 Å². The molecule has 1 saturated carbocycles. The summed E-state index contributed by atoms with van der Waals surface area (Å²) in [5, 5.41) is 0. The molecule has 0 spiro atoms. The quantitative estimate of drug-likeness (QED) is 0.801. The summed E-state index contributed by atoms with van der Waals surface area (Å²) < 4.78 is 0. The van der Waals surface area contributed by atoms with E-state index in [1.807, 2.05) is 0 Å². The van der Waals surface area contributed by atoms with Crippen molar-refractivity contribution >= 4 is 0 Å². The molecular formula is C15H30N2. The minimum Gasteiger partial charge on any atom is -0.329 e. The van der Waals surface area contributed by atoms with Crippen LogP contribution in [0.1, 0.15) is 60.3 Å². The number of nitrogens with two attached hydrogens (primary N) is 1. The highest BCUT2D eigenvalue weighted by molar-refractivity contribution is 5.10. The maximum Gasteiger partial charge on any atom is 0.0367 e. The Balaban J connectivity index is 2.32. The van der Waals surface area contributed by atoms with Crippen LogP contribution in [0.3, 0.4) is 0 Å². The van der Waals surface area contributed by atoms with Crippen LogP contribution in [0.4, 0.5) is 0 Å². The van der Waals surface area contributed by atoms with Crippen LogP contribution in [0.2, 0.25) is 0 Å². The Morgan fingerprint density at radius 3 is 2.24 bits per heavy atom. The lowest BCUT2D eigenvalue weighted by atomic mass is 9.82. The zero-order valence-corrected chi connectivity index (χ0v) is 12.3. The van der Waals surface area contributed by atoms with Gasteiger partial charge >= 0.3 is 0 Å². The molecule has 17 heavy (non-hydrogen) atoms. The maximum absolute atomic E-state index is 6.24. The molecule has 2 N–H and O–H groups in total. The van der Waals surface area contributed by atoms with Crippen LogP contribution in [0.25, 0.3) is 0 Å². The lowest BCUT2D eigenvalue weighted by Crippen LogP contribution is -2.60. The second-order valence-electron chi connectivity index (χ2n) is 7.82. The first kappa shape index (κ1) is 13.4. The van der Waals surface area contributed by atoms with Crippen LogP contribution in [0.5, 0.6) is 0 Å². The van der Waals surface area contributed by atoms with Gasteiger partial charge < -0.3 is 5.73 Å². The average molecular weight is 238 g/mol. The van der Waals surface area contributed by atoms with Crippen LogP contribution < -0.4 is 5.73 Å². The summed E-state index contributed by atoms with van der Waals surface area (Å²) in [6.45, 7) is 14.1. The predicted octanol–water partition coefficient (Wildman–Crippen LogP) is 3.01. The molecular weight excluding hydrogens is 208 g/mol.